The van der Waals surface area contributed by atoms with E-state index in [1.807, 2.05) is 14.0 Å². The largest absolute Gasteiger partial charge is 0.388 e. The Hall–Kier alpha value is -3.26. The number of amides is 1. The fourth-order valence-electron chi connectivity index (χ4n) is 3.79. The van der Waals surface area contributed by atoms with Crippen LogP contribution in [0.4, 0.5) is 5.69 Å². The van der Waals surface area contributed by atoms with Crippen molar-refractivity contribution in [2.24, 2.45) is 4.99 Å². The van der Waals surface area contributed by atoms with E-state index in [1.165, 1.54) is 18.4 Å². The molecule has 1 atom stereocenters. The van der Waals surface area contributed by atoms with Crippen LogP contribution in [-0.4, -0.2) is 60.4 Å². The summed E-state index contributed by atoms with van der Waals surface area (Å²) in [7, 11) is 5.25. The summed E-state index contributed by atoms with van der Waals surface area (Å²) >= 11 is 0. The highest BCUT2D eigenvalue weighted by Gasteiger charge is 2.25. The van der Waals surface area contributed by atoms with E-state index in [0.717, 1.165) is 17.0 Å². The van der Waals surface area contributed by atoms with Gasteiger partial charge in [0.15, 0.2) is 5.65 Å². The van der Waals surface area contributed by atoms with Crippen LogP contribution in [0, 0.1) is 0 Å². The Labute approximate surface area is 181 Å². The van der Waals surface area contributed by atoms with Gasteiger partial charge in [-0.2, -0.15) is 0 Å². The average Bonchev–Trinajstić information content (AvgIpc) is 3.53. The number of hydrogen-bond acceptors (Lipinski definition) is 6. The van der Waals surface area contributed by atoms with Crippen molar-refractivity contribution in [2.75, 3.05) is 33.1 Å². The van der Waals surface area contributed by atoms with Crippen molar-refractivity contribution in [3.63, 3.8) is 0 Å². The van der Waals surface area contributed by atoms with Gasteiger partial charge in [0.25, 0.3) is 5.91 Å². The molecule has 0 spiro atoms. The number of rotatable bonds is 8. The number of anilines is 1. The minimum atomic E-state index is -0.219. The lowest BCUT2D eigenvalue weighted by Crippen LogP contribution is -2.35. The van der Waals surface area contributed by atoms with Crippen molar-refractivity contribution < 1.29 is 9.53 Å². The molecule has 1 saturated carbocycles. The van der Waals surface area contributed by atoms with E-state index in [4.69, 9.17) is 9.72 Å². The van der Waals surface area contributed by atoms with Gasteiger partial charge in [0.1, 0.15) is 11.2 Å². The third kappa shape index (κ3) is 4.29. The standard InChI is InChI=1S/C23H28N6O2/c1-13(12-31-4)28-23(30)17-10-26-22-21(17)29-19(11-27-22)20(25-3)16-9-15(14-5-6-14)7-8-18(16)24-2/h7-11,13-14,24H,5-6,12H2,1-4H3,(H,26,27)(H,28,30). The van der Waals surface area contributed by atoms with Gasteiger partial charge in [0, 0.05) is 44.7 Å². The number of benzene rings is 1. The van der Waals surface area contributed by atoms with Crippen LogP contribution < -0.4 is 10.6 Å². The van der Waals surface area contributed by atoms with Gasteiger partial charge < -0.3 is 20.4 Å². The lowest BCUT2D eigenvalue weighted by molar-refractivity contribution is 0.0907. The van der Waals surface area contributed by atoms with E-state index in [-0.39, 0.29) is 11.9 Å². The number of methoxy groups -OCH3 is 1. The fraction of sp³-hybridized carbons (Fsp3) is 0.391. The van der Waals surface area contributed by atoms with Crippen LogP contribution in [0.3, 0.4) is 0 Å². The molecule has 8 heteroatoms. The molecule has 0 bridgehead atoms. The Bertz CT molecular complexity index is 1130. The number of hydrogen-bond donors (Lipinski definition) is 3. The van der Waals surface area contributed by atoms with Crippen molar-refractivity contribution in [1.82, 2.24) is 20.3 Å². The third-order valence-electron chi connectivity index (χ3n) is 5.50. The van der Waals surface area contributed by atoms with Crippen molar-refractivity contribution in [3.8, 4) is 0 Å². The van der Waals surface area contributed by atoms with Crippen LogP contribution >= 0.6 is 0 Å². The lowest BCUT2D eigenvalue weighted by atomic mass is 9.99. The first-order valence-corrected chi connectivity index (χ1v) is 10.5. The number of carbonyl (C=O) groups is 1. The molecule has 0 aliphatic heterocycles. The zero-order chi connectivity index (χ0) is 22.0. The summed E-state index contributed by atoms with van der Waals surface area (Å²) in [5, 5.41) is 6.17. The molecular weight excluding hydrogens is 392 g/mol. The molecule has 1 fully saturated rings. The monoisotopic (exact) mass is 420 g/mol. The first-order valence-electron chi connectivity index (χ1n) is 10.5. The van der Waals surface area contributed by atoms with Gasteiger partial charge in [0.05, 0.1) is 24.1 Å². The van der Waals surface area contributed by atoms with Crippen LogP contribution in [0.15, 0.2) is 35.6 Å². The summed E-state index contributed by atoms with van der Waals surface area (Å²) in [6.45, 7) is 2.32. The fourth-order valence-corrected chi connectivity index (χ4v) is 3.79. The number of fused-ring (bicyclic) bond motifs is 1. The summed E-state index contributed by atoms with van der Waals surface area (Å²) < 4.78 is 5.10. The van der Waals surface area contributed by atoms with Crippen LogP contribution in [0.5, 0.6) is 0 Å². The molecule has 0 radical (unpaired) electrons. The summed E-state index contributed by atoms with van der Waals surface area (Å²) in [5.74, 6) is 0.411. The first-order chi connectivity index (χ1) is 15.0. The van der Waals surface area contributed by atoms with Crippen molar-refractivity contribution in [1.29, 1.82) is 0 Å². The second kappa shape index (κ2) is 8.85. The molecule has 1 aliphatic rings. The molecule has 2 aromatic heterocycles. The topological polar surface area (TPSA) is 104 Å². The lowest BCUT2D eigenvalue weighted by Gasteiger charge is -2.14. The molecule has 8 nitrogen and oxygen atoms in total. The highest BCUT2D eigenvalue weighted by atomic mass is 16.5. The summed E-state index contributed by atoms with van der Waals surface area (Å²) in [5.41, 5.74) is 6.17. The van der Waals surface area contributed by atoms with Crippen LogP contribution in [-0.2, 0) is 4.74 Å². The van der Waals surface area contributed by atoms with Gasteiger partial charge >= 0.3 is 0 Å². The highest BCUT2D eigenvalue weighted by molar-refractivity contribution is 6.15. The minimum absolute atomic E-state index is 0.116. The Morgan fingerprint density at radius 3 is 2.84 bits per heavy atom. The van der Waals surface area contributed by atoms with Gasteiger partial charge in [-0.05, 0) is 43.4 Å². The molecule has 162 valence electrons. The molecule has 1 unspecified atom stereocenters. The number of aromatic amines is 1. The van der Waals surface area contributed by atoms with E-state index in [1.54, 1.807) is 26.6 Å². The Morgan fingerprint density at radius 1 is 1.35 bits per heavy atom. The van der Waals surface area contributed by atoms with Crippen LogP contribution in [0.1, 0.15) is 52.9 Å². The van der Waals surface area contributed by atoms with Crippen LogP contribution in [0.2, 0.25) is 0 Å². The number of aliphatic imine (C=N–C) groups is 1. The normalized spacial score (nSPS) is 15.2. The number of nitrogens with one attached hydrogen (secondary N) is 3. The number of carbonyl (C=O) groups excluding carboxylic acids is 1. The maximum atomic E-state index is 12.8. The molecule has 3 N–H and O–H groups in total. The molecular formula is C23H28N6O2. The molecule has 1 amide bonds. The maximum Gasteiger partial charge on any atom is 0.255 e. The van der Waals surface area contributed by atoms with E-state index >= 15 is 0 Å². The van der Waals surface area contributed by atoms with E-state index in [0.29, 0.717) is 34.9 Å². The third-order valence-corrected chi connectivity index (χ3v) is 5.50. The Balaban J connectivity index is 1.72. The predicted molar refractivity (Wildman–Crippen MR) is 122 cm³/mol. The molecule has 3 aromatic rings. The summed E-state index contributed by atoms with van der Waals surface area (Å²) in [4.78, 5) is 29.6. The SMILES string of the molecule is CN=C(c1cnc2[nH]cc(C(=O)NC(C)COC)c2n1)c1cc(C2CC2)ccc1NC. The molecule has 1 aliphatic carbocycles. The second-order valence-electron chi connectivity index (χ2n) is 7.89. The molecule has 4 rings (SSSR count). The minimum Gasteiger partial charge on any atom is -0.388 e. The molecule has 31 heavy (non-hydrogen) atoms. The summed E-state index contributed by atoms with van der Waals surface area (Å²) in [6, 6.07) is 6.33. The van der Waals surface area contributed by atoms with Gasteiger partial charge in [0.2, 0.25) is 0 Å². The quantitative estimate of drug-likeness (QED) is 0.486. The van der Waals surface area contributed by atoms with Gasteiger partial charge in [-0.1, -0.05) is 6.07 Å². The zero-order valence-corrected chi connectivity index (χ0v) is 18.3. The van der Waals surface area contributed by atoms with Gasteiger partial charge in [-0.15, -0.1) is 0 Å². The smallest absolute Gasteiger partial charge is 0.255 e. The van der Waals surface area contributed by atoms with Gasteiger partial charge in [-0.3, -0.25) is 9.79 Å². The van der Waals surface area contributed by atoms with Crippen molar-refractivity contribution in [3.05, 3.63) is 53.0 Å². The molecule has 0 saturated heterocycles. The predicted octanol–water partition coefficient (Wildman–Crippen LogP) is 3.11. The number of H-pyrrole nitrogens is 1. The molecule has 2 heterocycles. The second-order valence-corrected chi connectivity index (χ2v) is 7.89. The highest BCUT2D eigenvalue weighted by Crippen LogP contribution is 2.41. The van der Waals surface area contributed by atoms with Crippen LogP contribution in [0.25, 0.3) is 11.2 Å². The summed E-state index contributed by atoms with van der Waals surface area (Å²) in [6.07, 6.45) is 5.79. The van der Waals surface area contributed by atoms with E-state index < -0.39 is 0 Å². The number of aromatic nitrogens is 3. The van der Waals surface area contributed by atoms with Gasteiger partial charge in [-0.25, -0.2) is 9.97 Å². The Kier molecular flexibility index (Phi) is 5.99. The average molecular weight is 421 g/mol. The zero-order valence-electron chi connectivity index (χ0n) is 18.3. The number of nitrogens with zero attached hydrogens (tertiary/aromatic N) is 3. The first kappa shape index (κ1) is 21.0. The van der Waals surface area contributed by atoms with Crippen molar-refractivity contribution in [2.45, 2.75) is 31.7 Å². The Morgan fingerprint density at radius 2 is 2.16 bits per heavy atom. The maximum absolute atomic E-state index is 12.8. The van der Waals surface area contributed by atoms with Crippen molar-refractivity contribution >= 4 is 28.5 Å². The molecule has 1 aromatic carbocycles. The van der Waals surface area contributed by atoms with E-state index in [9.17, 15) is 4.79 Å². The van der Waals surface area contributed by atoms with E-state index in [2.05, 4.69) is 43.8 Å². The number of ether oxygens (including phenoxy) is 1.